The van der Waals surface area contributed by atoms with Gasteiger partial charge >= 0.3 is 6.03 Å². The van der Waals surface area contributed by atoms with Gasteiger partial charge in [0.15, 0.2) is 11.6 Å². The number of aryl methyl sites for hydroxylation is 1. The van der Waals surface area contributed by atoms with Crippen molar-refractivity contribution in [2.24, 2.45) is 0 Å². The maximum atomic E-state index is 12.3. The molecule has 1 aliphatic rings. The molecule has 1 aromatic heterocycles. The van der Waals surface area contributed by atoms with E-state index in [0.29, 0.717) is 29.4 Å². The lowest BCUT2D eigenvalue weighted by molar-refractivity contribution is -0.116. The average molecular weight is 411 g/mol. The van der Waals surface area contributed by atoms with Crippen LogP contribution in [0.1, 0.15) is 30.5 Å². The van der Waals surface area contributed by atoms with Crippen LogP contribution in [0.3, 0.4) is 0 Å². The summed E-state index contributed by atoms with van der Waals surface area (Å²) in [5.74, 6) is 0.839. The van der Waals surface area contributed by atoms with E-state index in [-0.39, 0.29) is 11.9 Å². The molecule has 3 aromatic rings. The first kappa shape index (κ1) is 19.0. The molecule has 3 N–H and O–H groups in total. The maximum absolute atomic E-state index is 12.3. The second-order valence-electron chi connectivity index (χ2n) is 6.87. The lowest BCUT2D eigenvalue weighted by Crippen LogP contribution is -2.31. The molecule has 7 nitrogen and oxygen atoms in total. The molecule has 1 unspecified atom stereocenters. The van der Waals surface area contributed by atoms with Crippen molar-refractivity contribution < 1.29 is 14.1 Å². The lowest BCUT2D eigenvalue weighted by Gasteiger charge is -2.20. The van der Waals surface area contributed by atoms with Crippen molar-refractivity contribution in [2.75, 3.05) is 10.6 Å². The summed E-state index contributed by atoms with van der Waals surface area (Å²) < 4.78 is 5.28. The summed E-state index contributed by atoms with van der Waals surface area (Å²) in [6.07, 6.45) is 1.17. The fourth-order valence-electron chi connectivity index (χ4n) is 3.22. The van der Waals surface area contributed by atoms with Gasteiger partial charge in [0.05, 0.1) is 6.04 Å². The molecule has 3 amide bonds. The maximum Gasteiger partial charge on any atom is 0.320 e. The second kappa shape index (κ2) is 7.97. The number of hydrogen-bond donors (Lipinski definition) is 3. The van der Waals surface area contributed by atoms with Gasteiger partial charge in [-0.2, -0.15) is 0 Å². The molecule has 2 heterocycles. The number of urea groups is 1. The van der Waals surface area contributed by atoms with Gasteiger partial charge in [0.2, 0.25) is 5.91 Å². The van der Waals surface area contributed by atoms with Crippen molar-refractivity contribution in [3.05, 3.63) is 64.7 Å². The molecule has 8 heteroatoms. The normalized spacial score (nSPS) is 13.9. The van der Waals surface area contributed by atoms with E-state index in [4.69, 9.17) is 16.1 Å². The number of halogens is 1. The van der Waals surface area contributed by atoms with Crippen LogP contribution in [-0.4, -0.2) is 17.1 Å². The molecule has 0 aliphatic carbocycles. The first-order valence-corrected chi connectivity index (χ1v) is 9.58. The Morgan fingerprint density at radius 1 is 1.21 bits per heavy atom. The second-order valence-corrected chi connectivity index (χ2v) is 7.31. The van der Waals surface area contributed by atoms with Gasteiger partial charge in [-0.15, -0.1) is 0 Å². The highest BCUT2D eigenvalue weighted by molar-refractivity contribution is 6.30. The van der Waals surface area contributed by atoms with Gasteiger partial charge in [0, 0.05) is 28.8 Å². The lowest BCUT2D eigenvalue weighted by atomic mass is 9.98. The predicted octanol–water partition coefficient (Wildman–Crippen LogP) is 4.76. The number of carbonyl (C=O) groups is 2. The summed E-state index contributed by atoms with van der Waals surface area (Å²) in [4.78, 5) is 23.8. The van der Waals surface area contributed by atoms with Gasteiger partial charge in [-0.3, -0.25) is 10.1 Å². The van der Waals surface area contributed by atoms with Crippen LogP contribution in [0.2, 0.25) is 5.02 Å². The molecule has 0 bridgehead atoms. The number of amides is 3. The number of fused-ring (bicyclic) bond motifs is 1. The third-order valence-corrected chi connectivity index (χ3v) is 4.97. The van der Waals surface area contributed by atoms with E-state index in [1.807, 2.05) is 37.3 Å². The van der Waals surface area contributed by atoms with Crippen molar-refractivity contribution in [3.8, 4) is 11.3 Å². The first-order chi connectivity index (χ1) is 14.0. The summed E-state index contributed by atoms with van der Waals surface area (Å²) in [5.41, 5.74) is 3.62. The Bertz CT molecular complexity index is 1080. The Kier molecular flexibility index (Phi) is 5.22. The fraction of sp³-hybridized carbons (Fsp3) is 0.190. The number of benzene rings is 2. The zero-order valence-electron chi connectivity index (χ0n) is 15.7. The fourth-order valence-corrected chi connectivity index (χ4v) is 3.41. The van der Waals surface area contributed by atoms with Crippen LogP contribution in [0.15, 0.2) is 53.1 Å². The minimum Gasteiger partial charge on any atom is -0.354 e. The zero-order valence-corrected chi connectivity index (χ0v) is 16.4. The smallest absolute Gasteiger partial charge is 0.320 e. The molecule has 0 fully saturated rings. The highest BCUT2D eigenvalue weighted by Crippen LogP contribution is 2.27. The largest absolute Gasteiger partial charge is 0.354 e. The monoisotopic (exact) mass is 410 g/mol. The number of aromatic nitrogens is 1. The van der Waals surface area contributed by atoms with E-state index in [0.717, 1.165) is 22.4 Å². The van der Waals surface area contributed by atoms with Crippen LogP contribution in [0.25, 0.3) is 11.3 Å². The van der Waals surface area contributed by atoms with E-state index in [1.165, 1.54) is 0 Å². The molecule has 4 rings (SSSR count). The zero-order chi connectivity index (χ0) is 20.4. The third kappa shape index (κ3) is 4.41. The molecule has 0 spiro atoms. The Morgan fingerprint density at radius 2 is 2.07 bits per heavy atom. The van der Waals surface area contributed by atoms with E-state index in [1.54, 1.807) is 18.2 Å². The van der Waals surface area contributed by atoms with E-state index >= 15 is 0 Å². The number of carbonyl (C=O) groups excluding carboxylic acids is 2. The number of nitrogens with zero attached hydrogens (tertiary/aromatic N) is 1. The molecule has 148 valence electrons. The van der Waals surface area contributed by atoms with E-state index in [2.05, 4.69) is 21.1 Å². The van der Waals surface area contributed by atoms with Gasteiger partial charge < -0.3 is 15.2 Å². The molecule has 0 saturated heterocycles. The Labute approximate surface area is 172 Å². The third-order valence-electron chi connectivity index (χ3n) is 4.73. The summed E-state index contributed by atoms with van der Waals surface area (Å²) in [5, 5.41) is 12.9. The van der Waals surface area contributed by atoms with Crippen molar-refractivity contribution in [1.82, 2.24) is 10.5 Å². The van der Waals surface area contributed by atoms with Crippen molar-refractivity contribution in [2.45, 2.75) is 25.8 Å². The van der Waals surface area contributed by atoms with Gasteiger partial charge in [-0.05, 0) is 42.7 Å². The summed E-state index contributed by atoms with van der Waals surface area (Å²) in [6, 6.07) is 14.0. The standard InChI is InChI=1S/C21H19ClN4O3/c1-12(13-5-7-17-14(9-13)6-8-20(27)24-17)23-21(28)25-19-11-18(29-26-19)15-3-2-4-16(22)10-15/h2-5,7,9-12H,6,8H2,1H3,(H,24,27)(H2,23,25,26,28). The number of rotatable bonds is 4. The first-order valence-electron chi connectivity index (χ1n) is 9.21. The van der Waals surface area contributed by atoms with E-state index in [9.17, 15) is 9.59 Å². The highest BCUT2D eigenvalue weighted by Gasteiger charge is 2.18. The summed E-state index contributed by atoms with van der Waals surface area (Å²) in [7, 11) is 0. The Morgan fingerprint density at radius 3 is 2.90 bits per heavy atom. The average Bonchev–Trinajstić information content (AvgIpc) is 3.15. The number of anilines is 2. The minimum absolute atomic E-state index is 0.0283. The molecule has 1 aliphatic heterocycles. The highest BCUT2D eigenvalue weighted by atomic mass is 35.5. The Hall–Kier alpha value is -3.32. The number of nitrogens with one attached hydrogen (secondary N) is 3. The SMILES string of the molecule is CC(NC(=O)Nc1cc(-c2cccc(Cl)c2)on1)c1ccc2c(c1)CCC(=O)N2. The van der Waals surface area contributed by atoms with Crippen molar-refractivity contribution >= 4 is 35.0 Å². The summed E-state index contributed by atoms with van der Waals surface area (Å²) in [6.45, 7) is 1.89. The van der Waals surface area contributed by atoms with Gasteiger partial charge in [-0.1, -0.05) is 41.0 Å². The molecular weight excluding hydrogens is 392 g/mol. The molecule has 29 heavy (non-hydrogen) atoms. The summed E-state index contributed by atoms with van der Waals surface area (Å²) >= 11 is 5.99. The van der Waals surface area contributed by atoms with Crippen molar-refractivity contribution in [3.63, 3.8) is 0 Å². The van der Waals surface area contributed by atoms with Crippen LogP contribution < -0.4 is 16.0 Å². The van der Waals surface area contributed by atoms with Crippen LogP contribution >= 0.6 is 11.6 Å². The van der Waals surface area contributed by atoms with Crippen LogP contribution in [0.5, 0.6) is 0 Å². The Balaban J connectivity index is 1.39. The van der Waals surface area contributed by atoms with Crippen LogP contribution in [0.4, 0.5) is 16.3 Å². The van der Waals surface area contributed by atoms with Gasteiger partial charge in [-0.25, -0.2) is 4.79 Å². The van der Waals surface area contributed by atoms with E-state index < -0.39 is 6.03 Å². The topological polar surface area (TPSA) is 96.3 Å². The number of hydrogen-bond acceptors (Lipinski definition) is 4. The predicted molar refractivity (Wildman–Crippen MR) is 111 cm³/mol. The minimum atomic E-state index is -0.394. The molecule has 0 radical (unpaired) electrons. The van der Waals surface area contributed by atoms with Crippen molar-refractivity contribution in [1.29, 1.82) is 0 Å². The molecule has 0 saturated carbocycles. The molecule has 1 atom stereocenters. The van der Waals surface area contributed by atoms with Gasteiger partial charge in [0.25, 0.3) is 0 Å². The van der Waals surface area contributed by atoms with Crippen LogP contribution in [-0.2, 0) is 11.2 Å². The molecular formula is C21H19ClN4O3. The quantitative estimate of drug-likeness (QED) is 0.577. The van der Waals surface area contributed by atoms with Crippen LogP contribution in [0, 0.1) is 0 Å². The molecule has 2 aromatic carbocycles. The van der Waals surface area contributed by atoms with Gasteiger partial charge in [0.1, 0.15) is 0 Å².